The van der Waals surface area contributed by atoms with E-state index in [9.17, 15) is 0 Å². The van der Waals surface area contributed by atoms with Crippen LogP contribution < -0.4 is 10.6 Å². The number of guanidine groups is 1. The molecular weight excluding hydrogens is 288 g/mol. The van der Waals surface area contributed by atoms with Crippen LogP contribution in [0.4, 0.5) is 0 Å². The van der Waals surface area contributed by atoms with Crippen LogP contribution in [0.2, 0.25) is 0 Å². The van der Waals surface area contributed by atoms with Gasteiger partial charge in [0.25, 0.3) is 0 Å². The highest BCUT2D eigenvalue weighted by molar-refractivity contribution is 5.79. The van der Waals surface area contributed by atoms with E-state index in [-0.39, 0.29) is 0 Å². The van der Waals surface area contributed by atoms with Gasteiger partial charge in [0.05, 0.1) is 6.61 Å². The highest BCUT2D eigenvalue weighted by Crippen LogP contribution is 2.06. The maximum atomic E-state index is 5.16. The number of nitrogens with zero attached hydrogens (tertiary/aromatic N) is 2. The van der Waals surface area contributed by atoms with E-state index in [2.05, 4.69) is 38.8 Å². The van der Waals surface area contributed by atoms with Gasteiger partial charge in [0.1, 0.15) is 0 Å². The molecule has 0 spiro atoms. The number of methoxy groups -OCH3 is 1. The topological polar surface area (TPSA) is 58.5 Å². The molecule has 2 aromatic rings. The summed E-state index contributed by atoms with van der Waals surface area (Å²) in [5, 5.41) is 6.62. The summed E-state index contributed by atoms with van der Waals surface area (Å²) in [6, 6.07) is 14.3. The van der Waals surface area contributed by atoms with Crippen LogP contribution in [-0.4, -0.2) is 31.6 Å². The van der Waals surface area contributed by atoms with E-state index in [1.807, 2.05) is 30.5 Å². The van der Waals surface area contributed by atoms with Crippen molar-refractivity contribution in [3.05, 3.63) is 65.5 Å². The first kappa shape index (κ1) is 17.0. The van der Waals surface area contributed by atoms with Crippen LogP contribution in [0.1, 0.15) is 16.8 Å². The zero-order valence-corrected chi connectivity index (χ0v) is 13.7. The van der Waals surface area contributed by atoms with E-state index >= 15 is 0 Å². The van der Waals surface area contributed by atoms with Gasteiger partial charge in [-0.1, -0.05) is 30.3 Å². The minimum absolute atomic E-state index is 0.630. The molecule has 122 valence electrons. The van der Waals surface area contributed by atoms with Crippen LogP contribution in [0, 0.1) is 0 Å². The minimum atomic E-state index is 0.630. The van der Waals surface area contributed by atoms with Crippen LogP contribution in [0.5, 0.6) is 0 Å². The fourth-order valence-electron chi connectivity index (χ4n) is 2.26. The van der Waals surface area contributed by atoms with E-state index in [0.717, 1.165) is 31.2 Å². The summed E-state index contributed by atoms with van der Waals surface area (Å²) >= 11 is 0. The smallest absolute Gasteiger partial charge is 0.191 e. The first-order valence-corrected chi connectivity index (χ1v) is 7.73. The number of ether oxygens (including phenoxy) is 1. The lowest BCUT2D eigenvalue weighted by atomic mass is 10.1. The van der Waals surface area contributed by atoms with Crippen molar-refractivity contribution in [2.75, 3.05) is 20.7 Å². The average Bonchev–Trinajstić information content (AvgIpc) is 2.59. The van der Waals surface area contributed by atoms with Gasteiger partial charge in [-0.15, -0.1) is 0 Å². The fourth-order valence-corrected chi connectivity index (χ4v) is 2.26. The Labute approximate surface area is 137 Å². The zero-order valence-electron chi connectivity index (χ0n) is 13.7. The number of benzene rings is 1. The second kappa shape index (κ2) is 9.58. The Morgan fingerprint density at radius 3 is 2.74 bits per heavy atom. The minimum Gasteiger partial charge on any atom is -0.380 e. The molecule has 5 nitrogen and oxygen atoms in total. The predicted octanol–water partition coefficient (Wildman–Crippen LogP) is 2.14. The summed E-state index contributed by atoms with van der Waals surface area (Å²) in [7, 11) is 3.48. The molecule has 0 aliphatic heterocycles. The van der Waals surface area contributed by atoms with Crippen LogP contribution in [0.25, 0.3) is 0 Å². The van der Waals surface area contributed by atoms with Gasteiger partial charge in [-0.2, -0.15) is 0 Å². The molecule has 0 atom stereocenters. The van der Waals surface area contributed by atoms with Crippen LogP contribution >= 0.6 is 0 Å². The SMILES string of the molecule is CN=C(NCCc1ccccn1)NCc1cccc(COC)c1. The molecule has 0 amide bonds. The maximum absolute atomic E-state index is 5.16. The van der Waals surface area contributed by atoms with Gasteiger partial charge in [-0.05, 0) is 23.3 Å². The molecule has 0 aliphatic carbocycles. The largest absolute Gasteiger partial charge is 0.380 e. The van der Waals surface area contributed by atoms with Gasteiger partial charge in [-0.3, -0.25) is 9.98 Å². The first-order chi connectivity index (χ1) is 11.3. The Morgan fingerprint density at radius 1 is 1.13 bits per heavy atom. The lowest BCUT2D eigenvalue weighted by molar-refractivity contribution is 0.185. The molecule has 0 fully saturated rings. The molecule has 0 radical (unpaired) electrons. The van der Waals surface area contributed by atoms with E-state index < -0.39 is 0 Å². The third kappa shape index (κ3) is 6.08. The quantitative estimate of drug-likeness (QED) is 0.607. The maximum Gasteiger partial charge on any atom is 0.191 e. The molecule has 0 aliphatic rings. The summed E-state index contributed by atoms with van der Waals surface area (Å²) in [4.78, 5) is 8.55. The van der Waals surface area contributed by atoms with Gasteiger partial charge in [0, 0.05) is 45.6 Å². The fraction of sp³-hybridized carbons (Fsp3) is 0.333. The van der Waals surface area contributed by atoms with E-state index in [0.29, 0.717) is 6.61 Å². The van der Waals surface area contributed by atoms with Gasteiger partial charge in [0.15, 0.2) is 5.96 Å². The summed E-state index contributed by atoms with van der Waals surface area (Å²) in [6.07, 6.45) is 2.68. The average molecular weight is 312 g/mol. The van der Waals surface area contributed by atoms with Crippen LogP contribution in [0.3, 0.4) is 0 Å². The number of aliphatic imine (C=N–C) groups is 1. The van der Waals surface area contributed by atoms with Gasteiger partial charge >= 0.3 is 0 Å². The third-order valence-corrected chi connectivity index (χ3v) is 3.39. The van der Waals surface area contributed by atoms with Gasteiger partial charge in [0.2, 0.25) is 0 Å². The lowest BCUT2D eigenvalue weighted by Crippen LogP contribution is -2.37. The number of nitrogens with one attached hydrogen (secondary N) is 2. The number of aromatic nitrogens is 1. The van der Waals surface area contributed by atoms with Crippen molar-refractivity contribution in [3.63, 3.8) is 0 Å². The van der Waals surface area contributed by atoms with Crippen molar-refractivity contribution in [2.45, 2.75) is 19.6 Å². The van der Waals surface area contributed by atoms with E-state index in [4.69, 9.17) is 4.74 Å². The standard InChI is InChI=1S/C18H24N4O/c1-19-18(21-11-9-17-8-3-4-10-20-17)22-13-15-6-5-7-16(12-15)14-23-2/h3-8,10,12H,9,11,13-14H2,1-2H3,(H2,19,21,22). The number of rotatable bonds is 7. The van der Waals surface area contributed by atoms with Gasteiger partial charge < -0.3 is 15.4 Å². The molecule has 2 N–H and O–H groups in total. The highest BCUT2D eigenvalue weighted by Gasteiger charge is 2.00. The van der Waals surface area contributed by atoms with Crippen molar-refractivity contribution in [2.24, 2.45) is 4.99 Å². The van der Waals surface area contributed by atoms with Gasteiger partial charge in [-0.25, -0.2) is 0 Å². The Balaban J connectivity index is 1.77. The van der Waals surface area contributed by atoms with Crippen LogP contribution in [-0.2, 0) is 24.3 Å². The number of pyridine rings is 1. The molecule has 5 heteroatoms. The molecule has 0 unspecified atom stereocenters. The van der Waals surface area contributed by atoms with Crippen molar-refractivity contribution >= 4 is 5.96 Å². The zero-order chi connectivity index (χ0) is 16.3. The molecule has 2 rings (SSSR count). The summed E-state index contributed by atoms with van der Waals surface area (Å²) < 4.78 is 5.16. The Kier molecular flexibility index (Phi) is 7.07. The number of hydrogen-bond donors (Lipinski definition) is 2. The monoisotopic (exact) mass is 312 g/mol. The first-order valence-electron chi connectivity index (χ1n) is 7.73. The summed E-state index contributed by atoms with van der Waals surface area (Å²) in [5.41, 5.74) is 3.44. The van der Waals surface area contributed by atoms with Crippen molar-refractivity contribution in [1.82, 2.24) is 15.6 Å². The lowest BCUT2D eigenvalue weighted by Gasteiger charge is -2.12. The molecule has 23 heavy (non-hydrogen) atoms. The Morgan fingerprint density at radius 2 is 2.00 bits per heavy atom. The van der Waals surface area contributed by atoms with Crippen molar-refractivity contribution in [1.29, 1.82) is 0 Å². The molecule has 0 bridgehead atoms. The van der Waals surface area contributed by atoms with Crippen molar-refractivity contribution < 1.29 is 4.74 Å². The summed E-state index contributed by atoms with van der Waals surface area (Å²) in [6.45, 7) is 2.14. The highest BCUT2D eigenvalue weighted by atomic mass is 16.5. The second-order valence-corrected chi connectivity index (χ2v) is 5.18. The second-order valence-electron chi connectivity index (χ2n) is 5.18. The molecule has 0 saturated carbocycles. The van der Waals surface area contributed by atoms with Crippen LogP contribution in [0.15, 0.2) is 53.7 Å². The third-order valence-electron chi connectivity index (χ3n) is 3.39. The number of hydrogen-bond acceptors (Lipinski definition) is 3. The predicted molar refractivity (Wildman–Crippen MR) is 93.3 cm³/mol. The van der Waals surface area contributed by atoms with Crippen molar-refractivity contribution in [3.8, 4) is 0 Å². The molecular formula is C18H24N4O. The van der Waals surface area contributed by atoms with E-state index in [1.165, 1.54) is 11.1 Å². The molecule has 1 aromatic carbocycles. The molecule has 1 aromatic heterocycles. The normalized spacial score (nSPS) is 11.3. The summed E-state index contributed by atoms with van der Waals surface area (Å²) in [5.74, 6) is 0.790. The van der Waals surface area contributed by atoms with E-state index in [1.54, 1.807) is 14.2 Å². The molecule has 1 heterocycles. The Bertz CT molecular complexity index is 613. The Hall–Kier alpha value is -2.40. The molecule has 0 saturated heterocycles.